The Bertz CT molecular complexity index is 759. The van der Waals surface area contributed by atoms with Crippen molar-refractivity contribution in [1.29, 1.82) is 0 Å². The second kappa shape index (κ2) is 7.34. The van der Waals surface area contributed by atoms with Gasteiger partial charge in [0.25, 0.3) is 0 Å². The van der Waals surface area contributed by atoms with Crippen molar-refractivity contribution in [1.82, 2.24) is 15.0 Å². The van der Waals surface area contributed by atoms with Crippen LogP contribution in [0, 0.1) is 5.92 Å². The van der Waals surface area contributed by atoms with Crippen LogP contribution in [0.2, 0.25) is 0 Å². The van der Waals surface area contributed by atoms with Gasteiger partial charge in [0.15, 0.2) is 12.1 Å². The Hall–Kier alpha value is -1.76. The van der Waals surface area contributed by atoms with E-state index in [1.807, 2.05) is 6.07 Å². The molecule has 2 aromatic rings. The number of fused-ring (bicyclic) bond motifs is 1. The number of rotatable bonds is 6. The summed E-state index contributed by atoms with van der Waals surface area (Å²) in [4.78, 5) is 7.38. The molecule has 2 saturated heterocycles. The third-order valence-electron chi connectivity index (χ3n) is 6.41. The minimum atomic E-state index is -0.0257. The van der Waals surface area contributed by atoms with Crippen LogP contribution in [0.15, 0.2) is 34.9 Å². The van der Waals surface area contributed by atoms with E-state index in [4.69, 9.17) is 19.0 Å². The minimum Gasteiger partial charge on any atom is -0.350 e. The Kier molecular flexibility index (Phi) is 4.71. The third kappa shape index (κ3) is 3.42. The molecule has 0 bridgehead atoms. The second-order valence-corrected chi connectivity index (χ2v) is 8.12. The second-order valence-electron chi connectivity index (χ2n) is 8.12. The molecular formula is C21H27N3O3. The fourth-order valence-electron chi connectivity index (χ4n) is 5.08. The summed E-state index contributed by atoms with van der Waals surface area (Å²) >= 11 is 0. The van der Waals surface area contributed by atoms with Crippen molar-refractivity contribution in [2.75, 3.05) is 32.8 Å². The molecule has 27 heavy (non-hydrogen) atoms. The van der Waals surface area contributed by atoms with Crippen LogP contribution in [0.1, 0.15) is 43.0 Å². The Morgan fingerprint density at radius 2 is 2.00 bits per heavy atom. The highest BCUT2D eigenvalue weighted by Gasteiger charge is 2.54. The lowest BCUT2D eigenvalue weighted by molar-refractivity contribution is -0.0509. The van der Waals surface area contributed by atoms with Crippen molar-refractivity contribution in [3.05, 3.63) is 47.6 Å². The first-order valence-electron chi connectivity index (χ1n) is 10.1. The summed E-state index contributed by atoms with van der Waals surface area (Å²) in [5.41, 5.74) is 1.26. The molecule has 1 aromatic heterocycles. The van der Waals surface area contributed by atoms with Crippen molar-refractivity contribution >= 4 is 0 Å². The van der Waals surface area contributed by atoms with Crippen LogP contribution in [0.4, 0.5) is 0 Å². The van der Waals surface area contributed by atoms with E-state index >= 15 is 0 Å². The van der Waals surface area contributed by atoms with Gasteiger partial charge in [-0.2, -0.15) is 4.98 Å². The summed E-state index contributed by atoms with van der Waals surface area (Å²) in [6.07, 6.45) is 5.30. The maximum Gasteiger partial charge on any atom is 0.234 e. The molecule has 6 nitrogen and oxygen atoms in total. The molecule has 2 atom stereocenters. The van der Waals surface area contributed by atoms with Gasteiger partial charge in [-0.15, -0.1) is 0 Å². The maximum absolute atomic E-state index is 5.81. The van der Waals surface area contributed by atoms with E-state index in [0.717, 1.165) is 63.8 Å². The van der Waals surface area contributed by atoms with Crippen molar-refractivity contribution in [2.24, 2.45) is 5.92 Å². The Morgan fingerprint density at radius 3 is 2.85 bits per heavy atom. The first-order valence-corrected chi connectivity index (χ1v) is 10.1. The summed E-state index contributed by atoms with van der Waals surface area (Å²) in [5.74, 6) is 2.27. The van der Waals surface area contributed by atoms with E-state index < -0.39 is 0 Å². The molecule has 0 radical (unpaired) electrons. The first kappa shape index (κ1) is 17.3. The standard InChI is InChI=1S/C21H27N3O3/c1-2-5-16(6-3-1)13-18-22-20(27-23-18)21-9-4-7-17(21)14-24(15-21)10-8-19-25-11-12-26-19/h1-3,5-6,17,19H,4,7-15H2/t17-,21-/m1/s1. The van der Waals surface area contributed by atoms with Gasteiger partial charge in [0, 0.05) is 32.5 Å². The fourth-order valence-corrected chi connectivity index (χ4v) is 5.08. The van der Waals surface area contributed by atoms with Crippen LogP contribution in [0.5, 0.6) is 0 Å². The van der Waals surface area contributed by atoms with Gasteiger partial charge in [-0.25, -0.2) is 0 Å². The highest BCUT2D eigenvalue weighted by atomic mass is 16.7. The zero-order valence-electron chi connectivity index (χ0n) is 15.7. The van der Waals surface area contributed by atoms with Crippen LogP contribution >= 0.6 is 0 Å². The van der Waals surface area contributed by atoms with E-state index in [1.54, 1.807) is 0 Å². The van der Waals surface area contributed by atoms with Crippen LogP contribution in [0.3, 0.4) is 0 Å². The predicted octanol–water partition coefficient (Wildman–Crippen LogP) is 2.78. The van der Waals surface area contributed by atoms with Crippen molar-refractivity contribution in [3.63, 3.8) is 0 Å². The lowest BCUT2D eigenvalue weighted by Crippen LogP contribution is -2.33. The van der Waals surface area contributed by atoms with Crippen LogP contribution in [-0.2, 0) is 21.3 Å². The fraction of sp³-hybridized carbons (Fsp3) is 0.619. The van der Waals surface area contributed by atoms with Gasteiger partial charge in [-0.05, 0) is 24.3 Å². The number of ether oxygens (including phenoxy) is 2. The van der Waals surface area contributed by atoms with Gasteiger partial charge < -0.3 is 18.9 Å². The molecule has 1 aliphatic carbocycles. The van der Waals surface area contributed by atoms with Gasteiger partial charge in [0.1, 0.15) is 0 Å². The van der Waals surface area contributed by atoms with Crippen molar-refractivity contribution in [2.45, 2.75) is 43.8 Å². The van der Waals surface area contributed by atoms with Gasteiger partial charge >= 0.3 is 0 Å². The Balaban J connectivity index is 1.28. The average molecular weight is 369 g/mol. The summed E-state index contributed by atoms with van der Waals surface area (Å²) in [6, 6.07) is 10.3. The van der Waals surface area contributed by atoms with Crippen molar-refractivity contribution < 1.29 is 14.0 Å². The SMILES string of the molecule is c1ccc(Cc2noc([C@@]34CCC[C@@H]3CN(CCC3OCCO3)C4)n2)cc1. The first-order chi connectivity index (χ1) is 13.3. The molecule has 0 spiro atoms. The molecule has 5 rings (SSSR count). The van der Waals surface area contributed by atoms with E-state index in [0.29, 0.717) is 5.92 Å². The number of aromatic nitrogens is 2. The van der Waals surface area contributed by atoms with Gasteiger partial charge in [0.05, 0.1) is 18.6 Å². The molecule has 0 amide bonds. The lowest BCUT2D eigenvalue weighted by atomic mass is 9.80. The van der Waals surface area contributed by atoms with E-state index in [-0.39, 0.29) is 11.7 Å². The molecular weight excluding hydrogens is 342 g/mol. The van der Waals surface area contributed by atoms with E-state index in [1.165, 1.54) is 18.4 Å². The largest absolute Gasteiger partial charge is 0.350 e. The summed E-state index contributed by atoms with van der Waals surface area (Å²) in [5, 5.41) is 4.30. The number of nitrogens with zero attached hydrogens (tertiary/aromatic N) is 3. The zero-order chi connectivity index (χ0) is 18.1. The van der Waals surface area contributed by atoms with Gasteiger partial charge in [0.2, 0.25) is 5.89 Å². The molecule has 1 aromatic carbocycles. The number of hydrogen-bond donors (Lipinski definition) is 0. The lowest BCUT2D eigenvalue weighted by Gasteiger charge is -2.24. The topological polar surface area (TPSA) is 60.6 Å². The molecule has 144 valence electrons. The maximum atomic E-state index is 5.81. The van der Waals surface area contributed by atoms with Crippen molar-refractivity contribution in [3.8, 4) is 0 Å². The molecule has 3 heterocycles. The summed E-state index contributed by atoms with van der Waals surface area (Å²) < 4.78 is 17.0. The molecule has 0 unspecified atom stereocenters. The molecule has 6 heteroatoms. The third-order valence-corrected chi connectivity index (χ3v) is 6.41. The molecule has 3 fully saturated rings. The number of hydrogen-bond acceptors (Lipinski definition) is 6. The smallest absolute Gasteiger partial charge is 0.234 e. The van der Waals surface area contributed by atoms with Crippen LogP contribution < -0.4 is 0 Å². The molecule has 0 N–H and O–H groups in total. The summed E-state index contributed by atoms with van der Waals surface area (Å²) in [7, 11) is 0. The average Bonchev–Trinajstić information content (AvgIpc) is 3.44. The molecule has 3 aliphatic rings. The van der Waals surface area contributed by atoms with Gasteiger partial charge in [-0.3, -0.25) is 0 Å². The van der Waals surface area contributed by atoms with Crippen LogP contribution in [-0.4, -0.2) is 54.2 Å². The van der Waals surface area contributed by atoms with E-state index in [9.17, 15) is 0 Å². The Morgan fingerprint density at radius 1 is 1.15 bits per heavy atom. The monoisotopic (exact) mass is 369 g/mol. The van der Waals surface area contributed by atoms with Gasteiger partial charge in [-0.1, -0.05) is 41.9 Å². The normalized spacial score (nSPS) is 28.8. The summed E-state index contributed by atoms with van der Waals surface area (Å²) in [6.45, 7) is 4.58. The van der Waals surface area contributed by atoms with Crippen LogP contribution in [0.25, 0.3) is 0 Å². The quantitative estimate of drug-likeness (QED) is 0.780. The number of likely N-dealkylation sites (tertiary alicyclic amines) is 1. The highest BCUT2D eigenvalue weighted by Crippen LogP contribution is 2.50. The Labute approximate surface area is 159 Å². The molecule has 1 saturated carbocycles. The zero-order valence-corrected chi connectivity index (χ0v) is 15.7. The molecule has 2 aliphatic heterocycles. The highest BCUT2D eigenvalue weighted by molar-refractivity contribution is 5.21. The van der Waals surface area contributed by atoms with E-state index in [2.05, 4.69) is 34.3 Å². The number of benzene rings is 1. The predicted molar refractivity (Wildman–Crippen MR) is 99.3 cm³/mol. The minimum absolute atomic E-state index is 0.0257.